The molecule has 0 bridgehead atoms. The highest BCUT2D eigenvalue weighted by molar-refractivity contribution is 6.31. The molecule has 2 atom stereocenters. The van der Waals surface area contributed by atoms with Gasteiger partial charge in [-0.15, -0.1) is 0 Å². The maximum Gasteiger partial charge on any atom is 0.337 e. The zero-order chi connectivity index (χ0) is 13.4. The summed E-state index contributed by atoms with van der Waals surface area (Å²) in [4.78, 5) is 13.7. The topological polar surface area (TPSA) is 40.5 Å². The molecular formula is C15H18ClNO2. The Morgan fingerprint density at radius 2 is 2.05 bits per heavy atom. The number of aromatic carboxylic acids is 1. The zero-order valence-corrected chi connectivity index (χ0v) is 11.6. The molecule has 2 fully saturated rings. The second-order valence-electron chi connectivity index (χ2n) is 5.56. The smallest absolute Gasteiger partial charge is 0.337 e. The fraction of sp³-hybridized carbons (Fsp3) is 0.533. The number of carbonyl (C=O) groups is 1. The van der Waals surface area contributed by atoms with Crippen LogP contribution in [0.4, 0.5) is 5.69 Å². The van der Waals surface area contributed by atoms with E-state index in [-0.39, 0.29) is 0 Å². The first-order valence-electron chi connectivity index (χ1n) is 6.96. The van der Waals surface area contributed by atoms with E-state index in [9.17, 15) is 9.90 Å². The number of fused-ring (bicyclic) bond motifs is 1. The van der Waals surface area contributed by atoms with Crippen LogP contribution in [-0.2, 0) is 0 Å². The summed E-state index contributed by atoms with van der Waals surface area (Å²) in [7, 11) is 0. The van der Waals surface area contributed by atoms with Crippen LogP contribution in [0.25, 0.3) is 0 Å². The lowest BCUT2D eigenvalue weighted by atomic mass is 9.91. The summed E-state index contributed by atoms with van der Waals surface area (Å²) in [6, 6.07) is 5.60. The van der Waals surface area contributed by atoms with Crippen LogP contribution in [0, 0.1) is 5.92 Å². The monoisotopic (exact) mass is 279 g/mol. The average Bonchev–Trinajstić information content (AvgIpc) is 2.86. The Morgan fingerprint density at radius 1 is 1.26 bits per heavy atom. The van der Waals surface area contributed by atoms with Gasteiger partial charge in [-0.3, -0.25) is 0 Å². The van der Waals surface area contributed by atoms with Crippen molar-refractivity contribution in [3.63, 3.8) is 0 Å². The van der Waals surface area contributed by atoms with E-state index in [4.69, 9.17) is 11.6 Å². The van der Waals surface area contributed by atoms with Gasteiger partial charge in [0.05, 0.1) is 11.3 Å². The van der Waals surface area contributed by atoms with Crippen LogP contribution in [0.2, 0.25) is 5.02 Å². The molecule has 1 saturated carbocycles. The summed E-state index contributed by atoms with van der Waals surface area (Å²) in [5.74, 6) is -0.138. The molecule has 0 spiro atoms. The van der Waals surface area contributed by atoms with Gasteiger partial charge in [-0.1, -0.05) is 18.0 Å². The SMILES string of the molecule is O=C(O)c1ccc(Cl)cc1N1CCCC2CCCC21. The largest absolute Gasteiger partial charge is 0.478 e. The molecule has 19 heavy (non-hydrogen) atoms. The molecule has 0 amide bonds. The molecule has 1 aliphatic heterocycles. The van der Waals surface area contributed by atoms with Gasteiger partial charge in [0.25, 0.3) is 0 Å². The van der Waals surface area contributed by atoms with Crippen molar-refractivity contribution in [1.82, 2.24) is 0 Å². The number of carboxylic acid groups (broad SMARTS) is 1. The number of hydrogen-bond acceptors (Lipinski definition) is 2. The minimum atomic E-state index is -0.869. The Morgan fingerprint density at radius 3 is 2.84 bits per heavy atom. The quantitative estimate of drug-likeness (QED) is 0.895. The number of anilines is 1. The summed E-state index contributed by atoms with van der Waals surface area (Å²) in [6.07, 6.45) is 6.14. The minimum absolute atomic E-state index is 0.372. The number of rotatable bonds is 2. The lowest BCUT2D eigenvalue weighted by Crippen LogP contribution is -2.43. The van der Waals surface area contributed by atoms with Gasteiger partial charge in [-0.2, -0.15) is 0 Å². The molecule has 1 aromatic carbocycles. The van der Waals surface area contributed by atoms with Crippen molar-refractivity contribution in [2.24, 2.45) is 5.92 Å². The van der Waals surface area contributed by atoms with Gasteiger partial charge in [0.2, 0.25) is 0 Å². The number of nitrogens with zero attached hydrogens (tertiary/aromatic N) is 1. The third-order valence-electron chi connectivity index (χ3n) is 4.49. The molecule has 1 N–H and O–H groups in total. The number of hydrogen-bond donors (Lipinski definition) is 1. The van der Waals surface area contributed by atoms with Crippen LogP contribution in [-0.4, -0.2) is 23.7 Å². The minimum Gasteiger partial charge on any atom is -0.478 e. The molecule has 3 nitrogen and oxygen atoms in total. The van der Waals surface area contributed by atoms with E-state index < -0.39 is 5.97 Å². The summed E-state index contributed by atoms with van der Waals surface area (Å²) < 4.78 is 0. The number of benzene rings is 1. The Bertz CT molecular complexity index is 503. The first-order valence-corrected chi connectivity index (χ1v) is 7.34. The molecule has 3 rings (SSSR count). The number of piperidine rings is 1. The highest BCUT2D eigenvalue weighted by Gasteiger charge is 2.36. The lowest BCUT2D eigenvalue weighted by molar-refractivity contribution is 0.0697. The van der Waals surface area contributed by atoms with Gasteiger partial charge in [0.15, 0.2) is 0 Å². The van der Waals surface area contributed by atoms with Gasteiger partial charge in [-0.25, -0.2) is 4.79 Å². The van der Waals surface area contributed by atoms with Gasteiger partial charge >= 0.3 is 5.97 Å². The Hall–Kier alpha value is -1.22. The maximum atomic E-state index is 11.4. The van der Waals surface area contributed by atoms with Gasteiger partial charge in [-0.05, 0) is 49.8 Å². The van der Waals surface area contributed by atoms with E-state index in [1.54, 1.807) is 12.1 Å². The van der Waals surface area contributed by atoms with Gasteiger partial charge in [0, 0.05) is 17.6 Å². The third-order valence-corrected chi connectivity index (χ3v) is 4.73. The van der Waals surface area contributed by atoms with Crippen molar-refractivity contribution in [2.75, 3.05) is 11.4 Å². The Labute approximate surface area is 118 Å². The standard InChI is InChI=1S/C15H18ClNO2/c16-11-6-7-12(15(18)19)14(9-11)17-8-2-4-10-3-1-5-13(10)17/h6-7,9-10,13H,1-5,8H2,(H,18,19). The van der Waals surface area contributed by atoms with E-state index in [1.165, 1.54) is 25.7 Å². The normalized spacial score (nSPS) is 26.3. The molecule has 1 aliphatic carbocycles. The maximum absolute atomic E-state index is 11.4. The molecule has 2 unspecified atom stereocenters. The van der Waals surface area contributed by atoms with Crippen molar-refractivity contribution in [2.45, 2.75) is 38.1 Å². The third kappa shape index (κ3) is 2.32. The molecule has 102 valence electrons. The molecule has 0 aromatic heterocycles. The Balaban J connectivity index is 2.00. The van der Waals surface area contributed by atoms with Crippen LogP contribution in [0.15, 0.2) is 18.2 Å². The molecule has 2 aliphatic rings. The van der Waals surface area contributed by atoms with Crippen LogP contribution in [0.1, 0.15) is 42.5 Å². The zero-order valence-electron chi connectivity index (χ0n) is 10.8. The fourth-order valence-corrected chi connectivity index (χ4v) is 3.84. The van der Waals surface area contributed by atoms with E-state index in [0.29, 0.717) is 16.6 Å². The van der Waals surface area contributed by atoms with Gasteiger partial charge in [0.1, 0.15) is 0 Å². The van der Waals surface area contributed by atoms with Crippen LogP contribution < -0.4 is 4.90 Å². The Kier molecular flexibility index (Phi) is 3.40. The number of halogens is 1. The van der Waals surface area contributed by atoms with Crippen LogP contribution in [0.5, 0.6) is 0 Å². The second kappa shape index (κ2) is 5.04. The molecule has 0 radical (unpaired) electrons. The van der Waals surface area contributed by atoms with Crippen molar-refractivity contribution >= 4 is 23.3 Å². The molecule has 1 aromatic rings. The summed E-state index contributed by atoms with van der Waals surface area (Å²) >= 11 is 6.06. The average molecular weight is 280 g/mol. The van der Waals surface area contributed by atoms with E-state index >= 15 is 0 Å². The van der Waals surface area contributed by atoms with Crippen LogP contribution >= 0.6 is 11.6 Å². The highest BCUT2D eigenvalue weighted by Crippen LogP contribution is 2.40. The van der Waals surface area contributed by atoms with Crippen molar-refractivity contribution in [1.29, 1.82) is 0 Å². The first-order chi connectivity index (χ1) is 9.16. The predicted octanol–water partition coefficient (Wildman–Crippen LogP) is 3.81. The van der Waals surface area contributed by atoms with E-state index in [0.717, 1.165) is 24.6 Å². The fourth-order valence-electron chi connectivity index (χ4n) is 3.68. The summed E-state index contributed by atoms with van der Waals surface area (Å²) in [5, 5.41) is 9.97. The first kappa shape index (κ1) is 12.8. The lowest BCUT2D eigenvalue weighted by Gasteiger charge is -2.40. The highest BCUT2D eigenvalue weighted by atomic mass is 35.5. The van der Waals surface area contributed by atoms with Crippen LogP contribution in [0.3, 0.4) is 0 Å². The van der Waals surface area contributed by atoms with E-state index in [1.807, 2.05) is 6.07 Å². The van der Waals surface area contributed by atoms with Crippen molar-refractivity contribution < 1.29 is 9.90 Å². The molecular weight excluding hydrogens is 262 g/mol. The predicted molar refractivity (Wildman–Crippen MR) is 76.1 cm³/mol. The molecule has 1 saturated heterocycles. The van der Waals surface area contributed by atoms with Crippen molar-refractivity contribution in [3.8, 4) is 0 Å². The van der Waals surface area contributed by atoms with E-state index in [2.05, 4.69) is 4.90 Å². The summed E-state index contributed by atoms with van der Waals surface area (Å²) in [5.41, 5.74) is 1.17. The summed E-state index contributed by atoms with van der Waals surface area (Å²) in [6.45, 7) is 0.946. The molecule has 4 heteroatoms. The number of carboxylic acids is 1. The van der Waals surface area contributed by atoms with Crippen molar-refractivity contribution in [3.05, 3.63) is 28.8 Å². The van der Waals surface area contributed by atoms with Gasteiger partial charge < -0.3 is 10.0 Å². The second-order valence-corrected chi connectivity index (χ2v) is 6.00. The molecule has 1 heterocycles.